The maximum atomic E-state index is 12.1. The third-order valence-electron chi connectivity index (χ3n) is 4.77. The summed E-state index contributed by atoms with van der Waals surface area (Å²) in [6, 6.07) is 12.5. The summed E-state index contributed by atoms with van der Waals surface area (Å²) in [6.07, 6.45) is 10.8. The van der Waals surface area contributed by atoms with Crippen LogP contribution in [0.3, 0.4) is 0 Å². The summed E-state index contributed by atoms with van der Waals surface area (Å²) in [5.41, 5.74) is 3.18. The van der Waals surface area contributed by atoms with Gasteiger partial charge in [-0.15, -0.1) is 0 Å². The van der Waals surface area contributed by atoms with Gasteiger partial charge >= 0.3 is 0 Å². The summed E-state index contributed by atoms with van der Waals surface area (Å²) in [4.78, 5) is 12.1. The minimum Gasteiger partial charge on any atom is -0.467 e. The zero-order chi connectivity index (χ0) is 19.9. The number of hydrogen-bond donors (Lipinski definition) is 0. The van der Waals surface area contributed by atoms with Gasteiger partial charge in [-0.3, -0.25) is 4.79 Å². The van der Waals surface area contributed by atoms with E-state index >= 15 is 0 Å². The number of benzene rings is 2. The van der Waals surface area contributed by atoms with E-state index < -0.39 is 0 Å². The second-order valence-electron chi connectivity index (χ2n) is 7.12. The molecule has 0 radical (unpaired) electrons. The molecule has 1 aliphatic rings. The lowest BCUT2D eigenvalue weighted by Crippen LogP contribution is -2.16. The van der Waals surface area contributed by atoms with E-state index in [2.05, 4.69) is 48.6 Å². The van der Waals surface area contributed by atoms with Gasteiger partial charge in [0.2, 0.25) is 0 Å². The van der Waals surface area contributed by atoms with Gasteiger partial charge in [-0.05, 0) is 61.7 Å². The minimum atomic E-state index is 0.0980. The number of ether oxygens (including phenoxy) is 2. The monoisotopic (exact) mass is 394 g/mol. The van der Waals surface area contributed by atoms with E-state index in [1.165, 1.54) is 5.56 Å². The van der Waals surface area contributed by atoms with Crippen molar-refractivity contribution in [3.8, 4) is 5.75 Å². The zero-order valence-corrected chi connectivity index (χ0v) is 17.7. The Morgan fingerprint density at radius 2 is 2.00 bits per heavy atom. The number of aryl methyl sites for hydroxylation is 1. The van der Waals surface area contributed by atoms with Gasteiger partial charge in [0.15, 0.2) is 12.6 Å². The molecule has 0 spiro atoms. The third kappa shape index (κ3) is 5.41. The highest BCUT2D eigenvalue weighted by molar-refractivity contribution is 7.56. The van der Waals surface area contributed by atoms with Crippen LogP contribution in [0.5, 0.6) is 5.75 Å². The fraction of sp³-hybridized carbons (Fsp3) is 0.292. The van der Waals surface area contributed by atoms with Gasteiger partial charge in [-0.2, -0.15) is 0 Å². The van der Waals surface area contributed by atoms with E-state index in [1.54, 1.807) is 14.0 Å². The van der Waals surface area contributed by atoms with Crippen molar-refractivity contribution in [2.75, 3.05) is 13.9 Å². The molecular formula is C24H27O3P. The Kier molecular flexibility index (Phi) is 7.19. The van der Waals surface area contributed by atoms with Gasteiger partial charge in [0, 0.05) is 18.0 Å². The Bertz CT molecular complexity index is 899. The number of rotatable bonds is 8. The molecule has 0 saturated heterocycles. The van der Waals surface area contributed by atoms with Crippen LogP contribution in [0, 0.1) is 12.8 Å². The van der Waals surface area contributed by atoms with Crippen LogP contribution in [0.2, 0.25) is 0 Å². The van der Waals surface area contributed by atoms with Crippen molar-refractivity contribution in [2.24, 2.45) is 5.92 Å². The highest BCUT2D eigenvalue weighted by atomic mass is 31.1. The van der Waals surface area contributed by atoms with E-state index in [0.717, 1.165) is 40.3 Å². The number of hydrogen-bond acceptors (Lipinski definition) is 3. The second-order valence-corrected chi connectivity index (χ2v) is 8.45. The van der Waals surface area contributed by atoms with Gasteiger partial charge < -0.3 is 9.47 Å². The standard InChI is InChI=1S/C24H27O3P/c1-17-9-12-23(21(13-17)18(2)25)28-24-15-20(10-11-22(24)27-16-26-3)14-19-7-5-4-6-8-19/h4-7,9-13,15,19,28H,8,14,16H2,1-3H3. The molecule has 2 aromatic rings. The Morgan fingerprint density at radius 1 is 1.14 bits per heavy atom. The number of carbonyl (C=O) groups is 1. The summed E-state index contributed by atoms with van der Waals surface area (Å²) in [5, 5.41) is 2.16. The number of carbonyl (C=O) groups excluding carboxylic acids is 1. The average molecular weight is 394 g/mol. The molecule has 0 saturated carbocycles. The summed E-state index contributed by atoms with van der Waals surface area (Å²) in [6.45, 7) is 3.85. The van der Waals surface area contributed by atoms with Crippen molar-refractivity contribution in [1.29, 1.82) is 0 Å². The van der Waals surface area contributed by atoms with E-state index in [0.29, 0.717) is 14.5 Å². The van der Waals surface area contributed by atoms with Crippen LogP contribution in [0.25, 0.3) is 0 Å². The van der Waals surface area contributed by atoms with Crippen molar-refractivity contribution >= 4 is 25.0 Å². The van der Waals surface area contributed by atoms with Crippen LogP contribution in [0.1, 0.15) is 34.8 Å². The fourth-order valence-electron chi connectivity index (χ4n) is 3.34. The molecule has 146 valence electrons. The molecule has 0 bridgehead atoms. The number of ketones is 1. The molecule has 28 heavy (non-hydrogen) atoms. The molecule has 0 amide bonds. The lowest BCUT2D eigenvalue weighted by Gasteiger charge is -2.17. The van der Waals surface area contributed by atoms with Crippen LogP contribution >= 0.6 is 8.58 Å². The number of allylic oxidation sites excluding steroid dienone is 4. The first-order valence-corrected chi connectivity index (χ1v) is 10.5. The smallest absolute Gasteiger partial charge is 0.188 e. The highest BCUT2D eigenvalue weighted by Gasteiger charge is 2.14. The van der Waals surface area contributed by atoms with Crippen molar-refractivity contribution in [3.05, 3.63) is 77.4 Å². The molecule has 3 rings (SSSR count). The zero-order valence-electron chi connectivity index (χ0n) is 16.7. The first kappa shape index (κ1) is 20.5. The van der Waals surface area contributed by atoms with Crippen molar-refractivity contribution in [2.45, 2.75) is 26.7 Å². The molecule has 2 aromatic carbocycles. The van der Waals surface area contributed by atoms with Gasteiger partial charge in [-0.25, -0.2) is 0 Å². The second kappa shape index (κ2) is 9.82. The molecule has 0 heterocycles. The molecule has 4 heteroatoms. The van der Waals surface area contributed by atoms with Gasteiger partial charge in [0.05, 0.1) is 0 Å². The molecule has 0 aliphatic heterocycles. The van der Waals surface area contributed by atoms with Crippen LogP contribution in [-0.4, -0.2) is 19.7 Å². The first-order valence-electron chi connectivity index (χ1n) is 9.53. The molecular weight excluding hydrogens is 367 g/mol. The topological polar surface area (TPSA) is 35.5 Å². The lowest BCUT2D eigenvalue weighted by molar-refractivity contribution is 0.0519. The van der Waals surface area contributed by atoms with Crippen molar-refractivity contribution in [3.63, 3.8) is 0 Å². The summed E-state index contributed by atoms with van der Waals surface area (Å²) in [5.74, 6) is 1.44. The maximum absolute atomic E-state index is 12.1. The molecule has 0 aromatic heterocycles. The molecule has 1 aliphatic carbocycles. The predicted octanol–water partition coefficient (Wildman–Crippen LogP) is 4.48. The molecule has 0 N–H and O–H groups in total. The normalized spacial score (nSPS) is 16.0. The van der Waals surface area contributed by atoms with Gasteiger partial charge in [-0.1, -0.05) is 56.6 Å². The van der Waals surface area contributed by atoms with Gasteiger partial charge in [0.1, 0.15) is 5.75 Å². The summed E-state index contributed by atoms with van der Waals surface area (Å²) in [7, 11) is 1.97. The number of methoxy groups -OCH3 is 1. The van der Waals surface area contributed by atoms with E-state index in [-0.39, 0.29) is 12.6 Å². The minimum absolute atomic E-state index is 0.0980. The highest BCUT2D eigenvalue weighted by Crippen LogP contribution is 2.25. The molecule has 3 nitrogen and oxygen atoms in total. The first-order chi connectivity index (χ1) is 13.6. The van der Waals surface area contributed by atoms with Gasteiger partial charge in [0.25, 0.3) is 0 Å². The fourth-order valence-corrected chi connectivity index (χ4v) is 4.72. The Labute approximate surface area is 169 Å². The summed E-state index contributed by atoms with van der Waals surface area (Å²) >= 11 is 0. The predicted molar refractivity (Wildman–Crippen MR) is 118 cm³/mol. The quantitative estimate of drug-likeness (QED) is 0.376. The van der Waals surface area contributed by atoms with Crippen LogP contribution in [0.15, 0.2) is 60.7 Å². The SMILES string of the molecule is COCOc1ccc(CC2C=CC=CC2)cc1Pc1ccc(C)cc1C(C)=O. The maximum Gasteiger partial charge on any atom is 0.188 e. The largest absolute Gasteiger partial charge is 0.467 e. The van der Waals surface area contributed by atoms with Crippen LogP contribution in [0.4, 0.5) is 0 Å². The molecule has 2 unspecified atom stereocenters. The Morgan fingerprint density at radius 3 is 2.71 bits per heavy atom. The molecule has 0 fully saturated rings. The average Bonchev–Trinajstić information content (AvgIpc) is 2.69. The molecule has 2 atom stereocenters. The van der Waals surface area contributed by atoms with Crippen LogP contribution in [-0.2, 0) is 11.2 Å². The van der Waals surface area contributed by atoms with Crippen molar-refractivity contribution in [1.82, 2.24) is 0 Å². The third-order valence-corrected chi connectivity index (χ3v) is 6.13. The van der Waals surface area contributed by atoms with E-state index in [9.17, 15) is 4.79 Å². The van der Waals surface area contributed by atoms with Crippen LogP contribution < -0.4 is 15.3 Å². The lowest BCUT2D eigenvalue weighted by atomic mass is 9.93. The van der Waals surface area contributed by atoms with E-state index in [4.69, 9.17) is 9.47 Å². The van der Waals surface area contributed by atoms with E-state index in [1.807, 2.05) is 19.1 Å². The summed E-state index contributed by atoms with van der Waals surface area (Å²) < 4.78 is 10.9. The Balaban J connectivity index is 1.90. The Hall–Kier alpha value is -2.22. The number of Topliss-reactive ketones (excluding diaryl/α,β-unsaturated/α-hetero) is 1. The van der Waals surface area contributed by atoms with Crippen molar-refractivity contribution < 1.29 is 14.3 Å².